The number of amides is 1. The summed E-state index contributed by atoms with van der Waals surface area (Å²) in [7, 11) is 0. The minimum atomic E-state index is -0.691. The number of nitrogens with one attached hydrogen (secondary N) is 1. The number of benzene rings is 1. The van der Waals surface area contributed by atoms with Crippen molar-refractivity contribution in [3.63, 3.8) is 0 Å². The third kappa shape index (κ3) is 10.8. The molecule has 0 bridgehead atoms. The van der Waals surface area contributed by atoms with Gasteiger partial charge in [0.15, 0.2) is 0 Å². The van der Waals surface area contributed by atoms with Crippen molar-refractivity contribution in [3.8, 4) is 0 Å². The molecule has 0 radical (unpaired) electrons. The van der Waals surface area contributed by atoms with E-state index in [9.17, 15) is 9.59 Å². The number of nitrogens with two attached hydrogens (primary N) is 1. The Kier molecular flexibility index (Phi) is 11.1. The Morgan fingerprint density at radius 1 is 1.28 bits per heavy atom. The third-order valence-electron chi connectivity index (χ3n) is 3.62. The Labute approximate surface area is 155 Å². The second kappa shape index (κ2) is 11.9. The first-order valence-electron chi connectivity index (χ1n) is 8.25. The molecule has 1 aromatic carbocycles. The zero-order valence-corrected chi connectivity index (χ0v) is 16.1. The van der Waals surface area contributed by atoms with Crippen molar-refractivity contribution < 1.29 is 19.2 Å². The van der Waals surface area contributed by atoms with Crippen molar-refractivity contribution in [3.05, 3.63) is 29.3 Å². The lowest BCUT2D eigenvalue weighted by Gasteiger charge is -2.17. The van der Waals surface area contributed by atoms with Gasteiger partial charge in [0.1, 0.15) is 0 Å². The second-order valence-electron chi connectivity index (χ2n) is 7.05. The number of hydrogen-bond acceptors (Lipinski definition) is 5. The predicted octanol–water partition coefficient (Wildman–Crippen LogP) is 3.71. The lowest BCUT2D eigenvalue weighted by atomic mass is 9.90. The van der Waals surface area contributed by atoms with E-state index in [1.807, 2.05) is 18.2 Å². The molecule has 0 atom stereocenters. The van der Waals surface area contributed by atoms with Crippen LogP contribution in [0, 0.1) is 5.41 Å². The molecule has 0 fully saturated rings. The Hall–Kier alpha value is -1.57. The molecule has 0 aliphatic carbocycles. The maximum Gasteiger partial charge on any atom is 0.303 e. The van der Waals surface area contributed by atoms with Crippen LogP contribution in [-0.2, 0) is 22.6 Å². The van der Waals surface area contributed by atoms with Crippen LogP contribution in [0.15, 0.2) is 18.2 Å². The van der Waals surface area contributed by atoms with Crippen molar-refractivity contribution in [2.45, 2.75) is 59.4 Å². The number of rotatable bonds is 4. The summed E-state index contributed by atoms with van der Waals surface area (Å²) in [5, 5.41) is 11.2. The molecule has 1 amide bonds. The topological polar surface area (TPSA) is 113 Å². The molecule has 0 saturated carbocycles. The first-order valence-corrected chi connectivity index (χ1v) is 8.65. The van der Waals surface area contributed by atoms with Gasteiger partial charge in [0, 0.05) is 25.1 Å². The molecular formula is C18H30N2O4S. The molecule has 1 heterocycles. The molecule has 1 aliphatic rings. The van der Waals surface area contributed by atoms with Gasteiger partial charge in [-0.25, -0.2) is 0 Å². The van der Waals surface area contributed by atoms with Gasteiger partial charge in [-0.05, 0) is 54.8 Å². The van der Waals surface area contributed by atoms with Crippen LogP contribution in [0.25, 0.3) is 0 Å². The average molecular weight is 371 g/mol. The van der Waals surface area contributed by atoms with Gasteiger partial charge in [0.05, 0.1) is 0 Å². The van der Waals surface area contributed by atoms with Crippen LogP contribution in [0.1, 0.15) is 57.6 Å². The maximum absolute atomic E-state index is 11.1. The number of aryl methyl sites for hydroxylation is 1. The average Bonchev–Trinajstić information content (AvgIpc) is 2.55. The number of carbonyl (C=O) groups is 2. The molecule has 0 spiro atoms. The molecular weight excluding hydrogens is 340 g/mol. The molecule has 0 aromatic heterocycles. The molecule has 7 heteroatoms. The number of carboxylic acid groups (broad SMARTS) is 1. The van der Waals surface area contributed by atoms with Crippen LogP contribution in [0.4, 0.5) is 5.69 Å². The molecule has 142 valence electrons. The van der Waals surface area contributed by atoms with Crippen LogP contribution in [0.5, 0.6) is 0 Å². The number of hydrogen-bond donors (Lipinski definition) is 5. The van der Waals surface area contributed by atoms with Gasteiger partial charge in [-0.2, -0.15) is 0 Å². The summed E-state index contributed by atoms with van der Waals surface area (Å²) in [5.41, 5.74) is 8.97. The van der Waals surface area contributed by atoms with Gasteiger partial charge < -0.3 is 20.7 Å². The monoisotopic (exact) mass is 370 g/mol. The van der Waals surface area contributed by atoms with Gasteiger partial charge in [-0.3, -0.25) is 9.59 Å². The molecule has 6 nitrogen and oxygen atoms in total. The van der Waals surface area contributed by atoms with Crippen LogP contribution in [0.2, 0.25) is 0 Å². The van der Waals surface area contributed by atoms with Crippen LogP contribution >= 0.6 is 12.9 Å². The summed E-state index contributed by atoms with van der Waals surface area (Å²) in [6.45, 7) is 6.88. The van der Waals surface area contributed by atoms with Crippen molar-refractivity contribution in [2.24, 2.45) is 11.1 Å². The molecule has 0 saturated heterocycles. The largest absolute Gasteiger partial charge is 0.481 e. The SMILES string of the molecule is CC(C)(C)CCCC(=O)O.NCc1ccc2c(c1)NC(=O)CC2.OS. The highest BCUT2D eigenvalue weighted by molar-refractivity contribution is 7.74. The van der Waals surface area contributed by atoms with E-state index in [-0.39, 0.29) is 11.3 Å². The highest BCUT2D eigenvalue weighted by Crippen LogP contribution is 2.23. The fraction of sp³-hybridized carbons (Fsp3) is 0.556. The van der Waals surface area contributed by atoms with Crippen molar-refractivity contribution in [1.29, 1.82) is 0 Å². The van der Waals surface area contributed by atoms with E-state index in [4.69, 9.17) is 15.4 Å². The van der Waals surface area contributed by atoms with Crippen molar-refractivity contribution in [1.82, 2.24) is 0 Å². The number of anilines is 1. The number of carbonyl (C=O) groups excluding carboxylic acids is 1. The minimum Gasteiger partial charge on any atom is -0.481 e. The van der Waals surface area contributed by atoms with Crippen LogP contribution in [-0.4, -0.2) is 21.5 Å². The normalized spacial score (nSPS) is 12.6. The third-order valence-corrected chi connectivity index (χ3v) is 3.62. The summed E-state index contributed by atoms with van der Waals surface area (Å²) >= 11 is 2.53. The van der Waals surface area contributed by atoms with Crippen LogP contribution in [0.3, 0.4) is 0 Å². The lowest BCUT2D eigenvalue weighted by Crippen LogP contribution is -2.19. The summed E-state index contributed by atoms with van der Waals surface area (Å²) in [6.07, 6.45) is 3.51. The Balaban J connectivity index is 0.000000434. The molecule has 1 aliphatic heterocycles. The zero-order valence-electron chi connectivity index (χ0n) is 15.2. The number of carboxylic acids is 1. The summed E-state index contributed by atoms with van der Waals surface area (Å²) in [6, 6.07) is 6.00. The van der Waals surface area contributed by atoms with Gasteiger partial charge in [-0.15, -0.1) is 0 Å². The van der Waals surface area contributed by atoms with Gasteiger partial charge in [0.2, 0.25) is 5.91 Å². The zero-order chi connectivity index (χ0) is 19.5. The fourth-order valence-corrected chi connectivity index (χ4v) is 2.32. The quantitative estimate of drug-likeness (QED) is 0.410. The molecule has 0 unspecified atom stereocenters. The number of fused-ring (bicyclic) bond motifs is 1. The maximum atomic E-state index is 11.1. The minimum absolute atomic E-state index is 0.0988. The Morgan fingerprint density at radius 2 is 1.92 bits per heavy atom. The van der Waals surface area contributed by atoms with E-state index in [0.29, 0.717) is 19.4 Å². The standard InChI is InChI=1S/C10H12N2O.C8H16O2.H2OS/c11-6-7-1-2-8-3-4-10(13)12-9(8)5-7;1-8(2,3)6-4-5-7(9)10;1-2/h1-2,5H,3-4,6,11H2,(H,12,13);4-6H2,1-3H3,(H,9,10);1-2H. The van der Waals surface area contributed by atoms with E-state index >= 15 is 0 Å². The smallest absolute Gasteiger partial charge is 0.303 e. The van der Waals surface area contributed by atoms with E-state index < -0.39 is 5.97 Å². The fourth-order valence-electron chi connectivity index (χ4n) is 2.32. The number of aliphatic carboxylic acids is 1. The van der Waals surface area contributed by atoms with Crippen molar-refractivity contribution >= 4 is 30.5 Å². The molecule has 25 heavy (non-hydrogen) atoms. The van der Waals surface area contributed by atoms with E-state index in [0.717, 1.165) is 30.5 Å². The highest BCUT2D eigenvalue weighted by atomic mass is 32.1. The summed E-state index contributed by atoms with van der Waals surface area (Å²) < 4.78 is 6.69. The van der Waals surface area contributed by atoms with Crippen LogP contribution < -0.4 is 11.1 Å². The molecule has 2 rings (SSSR count). The number of thiol groups is 1. The van der Waals surface area contributed by atoms with Gasteiger partial charge in [-0.1, -0.05) is 32.9 Å². The van der Waals surface area contributed by atoms with E-state index in [2.05, 4.69) is 39.0 Å². The Morgan fingerprint density at radius 3 is 2.44 bits per heavy atom. The van der Waals surface area contributed by atoms with Gasteiger partial charge >= 0.3 is 5.97 Å². The second-order valence-corrected chi connectivity index (χ2v) is 7.05. The first kappa shape index (κ1) is 23.4. The molecule has 1 aromatic rings. The molecule has 5 N–H and O–H groups in total. The Bertz CT molecular complexity index is 556. The lowest BCUT2D eigenvalue weighted by molar-refractivity contribution is -0.137. The van der Waals surface area contributed by atoms with Crippen molar-refractivity contribution in [2.75, 3.05) is 5.32 Å². The highest BCUT2D eigenvalue weighted by Gasteiger charge is 2.14. The van der Waals surface area contributed by atoms with E-state index in [1.165, 1.54) is 5.56 Å². The summed E-state index contributed by atoms with van der Waals surface area (Å²) in [4.78, 5) is 21.2. The van der Waals surface area contributed by atoms with E-state index in [1.54, 1.807) is 0 Å². The first-order chi connectivity index (χ1) is 11.7. The van der Waals surface area contributed by atoms with Gasteiger partial charge in [0.25, 0.3) is 0 Å². The summed E-state index contributed by atoms with van der Waals surface area (Å²) in [5.74, 6) is -0.592. The predicted molar refractivity (Wildman–Crippen MR) is 104 cm³/mol.